The van der Waals surface area contributed by atoms with E-state index >= 15 is 0 Å². The summed E-state index contributed by atoms with van der Waals surface area (Å²) in [6.45, 7) is 3.38. The van der Waals surface area contributed by atoms with Gasteiger partial charge >= 0.3 is 5.97 Å². The molecule has 1 N–H and O–H groups in total. The molecule has 0 radical (unpaired) electrons. The topological polar surface area (TPSA) is 71.4 Å². The van der Waals surface area contributed by atoms with Gasteiger partial charge in [0.15, 0.2) is 9.84 Å². The zero-order valence-corrected chi connectivity index (χ0v) is 12.9. The monoisotopic (exact) mass is 314 g/mol. The van der Waals surface area contributed by atoms with Crippen molar-refractivity contribution in [2.45, 2.75) is 49.7 Å². The van der Waals surface area contributed by atoms with E-state index in [2.05, 4.69) is 0 Å². The number of aromatic carboxylic acids is 1. The molecule has 1 fully saturated rings. The lowest BCUT2D eigenvalue weighted by Crippen LogP contribution is -2.28. The first-order valence-electron chi connectivity index (χ1n) is 7.00. The van der Waals surface area contributed by atoms with Crippen LogP contribution in [-0.2, 0) is 9.84 Å². The van der Waals surface area contributed by atoms with E-state index in [-0.39, 0.29) is 16.0 Å². The largest absolute Gasteiger partial charge is 0.478 e. The first-order valence-corrected chi connectivity index (χ1v) is 8.55. The molecule has 4 nitrogen and oxygen atoms in total. The molecule has 6 heteroatoms. The van der Waals surface area contributed by atoms with E-state index in [1.165, 1.54) is 6.92 Å². The first kappa shape index (κ1) is 15.9. The minimum Gasteiger partial charge on any atom is -0.478 e. The van der Waals surface area contributed by atoms with Gasteiger partial charge in [-0.25, -0.2) is 17.6 Å². The van der Waals surface area contributed by atoms with E-state index in [4.69, 9.17) is 5.11 Å². The van der Waals surface area contributed by atoms with Gasteiger partial charge in [-0.15, -0.1) is 0 Å². The summed E-state index contributed by atoms with van der Waals surface area (Å²) in [4.78, 5) is 10.8. The molecule has 1 saturated carbocycles. The zero-order valence-electron chi connectivity index (χ0n) is 12.1. The molecule has 0 heterocycles. The van der Waals surface area contributed by atoms with Crippen LogP contribution in [0.5, 0.6) is 0 Å². The van der Waals surface area contributed by atoms with Crippen LogP contribution in [0.2, 0.25) is 0 Å². The Morgan fingerprint density at radius 1 is 1.33 bits per heavy atom. The van der Waals surface area contributed by atoms with Crippen molar-refractivity contribution in [1.29, 1.82) is 0 Å². The summed E-state index contributed by atoms with van der Waals surface area (Å²) in [5.41, 5.74) is -0.334. The van der Waals surface area contributed by atoms with Gasteiger partial charge in [0, 0.05) is 5.56 Å². The molecule has 1 aromatic carbocycles. The number of hydrogen-bond acceptors (Lipinski definition) is 3. The Balaban J connectivity index is 2.51. The number of hydrogen-bond donors (Lipinski definition) is 1. The second-order valence-corrected chi connectivity index (χ2v) is 8.02. The molecule has 2 unspecified atom stereocenters. The highest BCUT2D eigenvalue weighted by Crippen LogP contribution is 2.33. The van der Waals surface area contributed by atoms with Crippen molar-refractivity contribution in [3.8, 4) is 0 Å². The van der Waals surface area contributed by atoms with Gasteiger partial charge in [-0.2, -0.15) is 0 Å². The van der Waals surface area contributed by atoms with Crippen LogP contribution in [0.3, 0.4) is 0 Å². The maximum atomic E-state index is 13.8. The van der Waals surface area contributed by atoms with Crippen LogP contribution in [0.1, 0.15) is 48.5 Å². The highest BCUT2D eigenvalue weighted by atomic mass is 32.2. The number of halogens is 1. The van der Waals surface area contributed by atoms with Gasteiger partial charge in [0.05, 0.1) is 15.7 Å². The van der Waals surface area contributed by atoms with Crippen LogP contribution in [0.25, 0.3) is 0 Å². The van der Waals surface area contributed by atoms with Crippen molar-refractivity contribution in [2.75, 3.05) is 0 Å². The standard InChI is InChI=1S/C15H19FO4S/c1-9-4-3-5-12(6-9)21(19,20)14-8-11(15(17)18)7-13(16)10(14)2/h7-9,12H,3-6H2,1-2H3,(H,17,18). The zero-order chi connectivity index (χ0) is 15.8. The lowest BCUT2D eigenvalue weighted by Gasteiger charge is -2.27. The smallest absolute Gasteiger partial charge is 0.335 e. The molecule has 0 saturated heterocycles. The molecule has 0 spiro atoms. The fourth-order valence-electron chi connectivity index (χ4n) is 2.91. The van der Waals surface area contributed by atoms with E-state index in [0.29, 0.717) is 18.8 Å². The molecular formula is C15H19FO4S. The van der Waals surface area contributed by atoms with E-state index in [1.807, 2.05) is 6.92 Å². The summed E-state index contributed by atoms with van der Waals surface area (Å²) in [5, 5.41) is 8.43. The average Bonchev–Trinajstić information content (AvgIpc) is 2.41. The number of sulfone groups is 1. The van der Waals surface area contributed by atoms with Gasteiger partial charge in [0.2, 0.25) is 0 Å². The third-order valence-electron chi connectivity index (χ3n) is 4.18. The van der Waals surface area contributed by atoms with Crippen molar-refractivity contribution < 1.29 is 22.7 Å². The van der Waals surface area contributed by atoms with Crippen molar-refractivity contribution in [3.63, 3.8) is 0 Å². The van der Waals surface area contributed by atoms with Gasteiger partial charge in [-0.05, 0) is 37.8 Å². The second-order valence-electron chi connectivity index (χ2n) is 5.83. The highest BCUT2D eigenvalue weighted by molar-refractivity contribution is 7.92. The Morgan fingerprint density at radius 2 is 2.00 bits per heavy atom. The molecule has 116 valence electrons. The molecular weight excluding hydrogens is 295 g/mol. The second kappa shape index (κ2) is 5.75. The third kappa shape index (κ3) is 3.10. The molecule has 2 atom stereocenters. The summed E-state index contributed by atoms with van der Waals surface area (Å²) in [5.74, 6) is -1.81. The van der Waals surface area contributed by atoms with Crippen LogP contribution in [-0.4, -0.2) is 24.7 Å². The minimum atomic E-state index is -3.71. The molecule has 0 aromatic heterocycles. The predicted octanol–water partition coefficient (Wildman–Crippen LogP) is 3.18. The predicted molar refractivity (Wildman–Crippen MR) is 76.7 cm³/mol. The van der Waals surface area contributed by atoms with Crippen LogP contribution in [0.4, 0.5) is 4.39 Å². The number of benzene rings is 1. The highest BCUT2D eigenvalue weighted by Gasteiger charge is 2.33. The van der Waals surface area contributed by atoms with Crippen molar-refractivity contribution in [3.05, 3.63) is 29.1 Å². The molecule has 0 bridgehead atoms. The Morgan fingerprint density at radius 3 is 2.57 bits per heavy atom. The van der Waals surface area contributed by atoms with E-state index in [9.17, 15) is 17.6 Å². The summed E-state index contributed by atoms with van der Waals surface area (Å²) in [6.07, 6.45) is 2.91. The molecule has 1 aromatic rings. The van der Waals surface area contributed by atoms with Gasteiger partial charge in [0.1, 0.15) is 5.82 Å². The maximum Gasteiger partial charge on any atom is 0.335 e. The van der Waals surface area contributed by atoms with Gasteiger partial charge < -0.3 is 5.11 Å². The van der Waals surface area contributed by atoms with Gasteiger partial charge in [-0.1, -0.05) is 19.8 Å². The fraction of sp³-hybridized carbons (Fsp3) is 0.533. The quantitative estimate of drug-likeness (QED) is 0.930. The molecule has 21 heavy (non-hydrogen) atoms. The SMILES string of the molecule is Cc1c(F)cc(C(=O)O)cc1S(=O)(=O)C1CCCC(C)C1. The fourth-order valence-corrected chi connectivity index (χ4v) is 5.15. The van der Waals surface area contributed by atoms with E-state index in [1.54, 1.807) is 0 Å². The van der Waals surface area contributed by atoms with Crippen molar-refractivity contribution in [1.82, 2.24) is 0 Å². The van der Waals surface area contributed by atoms with Crippen LogP contribution >= 0.6 is 0 Å². The molecule has 0 aliphatic heterocycles. The van der Waals surface area contributed by atoms with Crippen molar-refractivity contribution >= 4 is 15.8 Å². The number of carboxylic acids is 1. The average molecular weight is 314 g/mol. The van der Waals surface area contributed by atoms with Gasteiger partial charge in [-0.3, -0.25) is 0 Å². The Hall–Kier alpha value is -1.43. The van der Waals surface area contributed by atoms with Crippen LogP contribution in [0.15, 0.2) is 17.0 Å². The Kier molecular flexibility index (Phi) is 4.37. The minimum absolute atomic E-state index is 0.00164. The number of carbonyl (C=O) groups is 1. The Labute approximate surface area is 123 Å². The third-order valence-corrected chi connectivity index (χ3v) is 6.52. The Bertz CT molecular complexity index is 666. The molecule has 1 aliphatic carbocycles. The number of rotatable bonds is 3. The summed E-state index contributed by atoms with van der Waals surface area (Å²) < 4.78 is 39.3. The first-order chi connectivity index (χ1) is 9.73. The lowest BCUT2D eigenvalue weighted by molar-refractivity contribution is 0.0696. The van der Waals surface area contributed by atoms with Gasteiger partial charge in [0.25, 0.3) is 0 Å². The molecule has 0 amide bonds. The summed E-state index contributed by atoms with van der Waals surface area (Å²) >= 11 is 0. The van der Waals surface area contributed by atoms with Crippen molar-refractivity contribution in [2.24, 2.45) is 5.92 Å². The van der Waals surface area contributed by atoms with Crippen LogP contribution < -0.4 is 0 Å². The normalized spacial score (nSPS) is 23.0. The molecule has 1 aliphatic rings. The lowest BCUT2D eigenvalue weighted by atomic mass is 9.91. The summed E-state index contributed by atoms with van der Waals surface area (Å²) in [6, 6.07) is 1.94. The van der Waals surface area contributed by atoms with Crippen LogP contribution in [0, 0.1) is 18.7 Å². The van der Waals surface area contributed by atoms with E-state index < -0.39 is 26.9 Å². The summed E-state index contributed by atoms with van der Waals surface area (Å²) in [7, 11) is -3.71. The number of carboxylic acid groups (broad SMARTS) is 1. The van der Waals surface area contributed by atoms with E-state index in [0.717, 1.165) is 25.0 Å². The maximum absolute atomic E-state index is 13.8. The molecule has 2 rings (SSSR count).